The minimum Gasteiger partial charge on any atom is -0.315 e. The van der Waals surface area contributed by atoms with Gasteiger partial charge in [-0.2, -0.15) is 0 Å². The minimum atomic E-state index is 0.577. The molecule has 1 N–H and O–H groups in total. The number of thiazole rings is 1. The quantitative estimate of drug-likeness (QED) is 0.643. The fourth-order valence-electron chi connectivity index (χ4n) is 1.56. The standard InChI is InChI=1S/C12H6BrCl2N3S/c13-8-3-7(15)5-16-11(8)18-12-17-9-2-1-6(14)4-10(9)19-12/h1-5H,(H,16,17,18). The Labute approximate surface area is 131 Å². The first kappa shape index (κ1) is 13.1. The van der Waals surface area contributed by atoms with Crippen molar-refractivity contribution >= 4 is 71.6 Å². The van der Waals surface area contributed by atoms with Crippen LogP contribution in [0.4, 0.5) is 10.9 Å². The number of halogens is 3. The van der Waals surface area contributed by atoms with Crippen LogP contribution in [-0.4, -0.2) is 9.97 Å². The first-order chi connectivity index (χ1) is 9.11. The van der Waals surface area contributed by atoms with Gasteiger partial charge in [0.25, 0.3) is 0 Å². The Balaban J connectivity index is 1.96. The zero-order valence-corrected chi connectivity index (χ0v) is 13.2. The van der Waals surface area contributed by atoms with Crippen molar-refractivity contribution in [3.05, 3.63) is 45.0 Å². The zero-order valence-electron chi connectivity index (χ0n) is 9.32. The molecule has 3 aromatic rings. The first-order valence-corrected chi connectivity index (χ1v) is 7.62. The highest BCUT2D eigenvalue weighted by atomic mass is 79.9. The van der Waals surface area contributed by atoms with E-state index < -0.39 is 0 Å². The van der Waals surface area contributed by atoms with Crippen LogP contribution in [0.5, 0.6) is 0 Å². The average molecular weight is 375 g/mol. The summed E-state index contributed by atoms with van der Waals surface area (Å²) in [5.41, 5.74) is 0.905. The smallest absolute Gasteiger partial charge is 0.189 e. The van der Waals surface area contributed by atoms with Crippen LogP contribution in [0, 0.1) is 0 Å². The molecule has 0 aliphatic rings. The van der Waals surface area contributed by atoms with E-state index in [4.69, 9.17) is 23.2 Å². The van der Waals surface area contributed by atoms with Crippen molar-refractivity contribution in [2.75, 3.05) is 5.32 Å². The van der Waals surface area contributed by atoms with Crippen molar-refractivity contribution in [2.24, 2.45) is 0 Å². The second kappa shape index (κ2) is 5.25. The molecule has 3 rings (SSSR count). The highest BCUT2D eigenvalue weighted by molar-refractivity contribution is 9.10. The average Bonchev–Trinajstić information content (AvgIpc) is 2.74. The normalized spacial score (nSPS) is 10.9. The number of pyridine rings is 1. The third kappa shape index (κ3) is 2.84. The maximum atomic E-state index is 5.95. The molecule has 0 atom stereocenters. The Kier molecular flexibility index (Phi) is 3.62. The lowest BCUT2D eigenvalue weighted by Gasteiger charge is -2.03. The van der Waals surface area contributed by atoms with Crippen molar-refractivity contribution < 1.29 is 0 Å². The van der Waals surface area contributed by atoms with E-state index in [9.17, 15) is 0 Å². The predicted molar refractivity (Wildman–Crippen MR) is 84.9 cm³/mol. The van der Waals surface area contributed by atoms with Crippen molar-refractivity contribution in [3.63, 3.8) is 0 Å². The van der Waals surface area contributed by atoms with Crippen LogP contribution in [0.2, 0.25) is 10.0 Å². The van der Waals surface area contributed by atoms with Gasteiger partial charge < -0.3 is 5.32 Å². The molecule has 2 heterocycles. The highest BCUT2D eigenvalue weighted by Crippen LogP contribution is 2.32. The molecule has 0 amide bonds. The lowest BCUT2D eigenvalue weighted by atomic mass is 10.3. The van der Waals surface area contributed by atoms with E-state index in [-0.39, 0.29) is 0 Å². The van der Waals surface area contributed by atoms with Crippen molar-refractivity contribution in [2.45, 2.75) is 0 Å². The van der Waals surface area contributed by atoms with Crippen molar-refractivity contribution in [3.8, 4) is 0 Å². The number of nitrogens with zero attached hydrogens (tertiary/aromatic N) is 2. The molecule has 1 aromatic carbocycles. The molecule has 0 aliphatic heterocycles. The van der Waals surface area contributed by atoms with Gasteiger partial charge >= 0.3 is 0 Å². The Bertz CT molecular complexity index is 760. The number of nitrogens with one attached hydrogen (secondary N) is 1. The van der Waals surface area contributed by atoms with Gasteiger partial charge in [-0.1, -0.05) is 34.5 Å². The summed E-state index contributed by atoms with van der Waals surface area (Å²) in [6.45, 7) is 0. The summed E-state index contributed by atoms with van der Waals surface area (Å²) in [6, 6.07) is 7.39. The summed E-state index contributed by atoms with van der Waals surface area (Å²) in [7, 11) is 0. The van der Waals surface area contributed by atoms with Gasteiger partial charge in [-0.25, -0.2) is 9.97 Å². The number of benzene rings is 1. The number of fused-ring (bicyclic) bond motifs is 1. The number of hydrogen-bond acceptors (Lipinski definition) is 4. The van der Waals surface area contributed by atoms with Gasteiger partial charge in [-0.3, -0.25) is 0 Å². The Morgan fingerprint density at radius 3 is 2.79 bits per heavy atom. The molecule has 96 valence electrons. The topological polar surface area (TPSA) is 37.8 Å². The molecule has 0 unspecified atom stereocenters. The van der Waals surface area contributed by atoms with Crippen LogP contribution in [-0.2, 0) is 0 Å². The molecule has 3 nitrogen and oxygen atoms in total. The summed E-state index contributed by atoms with van der Waals surface area (Å²) in [6.07, 6.45) is 1.58. The molecule has 0 saturated heterocycles. The van der Waals surface area contributed by atoms with E-state index in [1.165, 1.54) is 11.3 Å². The number of hydrogen-bond donors (Lipinski definition) is 1. The van der Waals surface area contributed by atoms with Gasteiger partial charge in [0, 0.05) is 11.2 Å². The predicted octanol–water partition coefficient (Wildman–Crippen LogP) is 5.50. The molecule has 0 bridgehead atoms. The van der Waals surface area contributed by atoms with Gasteiger partial charge in [0.2, 0.25) is 0 Å². The minimum absolute atomic E-state index is 0.577. The second-order valence-corrected chi connectivity index (χ2v) is 6.50. The number of aromatic nitrogens is 2. The highest BCUT2D eigenvalue weighted by Gasteiger charge is 2.08. The molecule has 0 radical (unpaired) electrons. The zero-order chi connectivity index (χ0) is 13.4. The summed E-state index contributed by atoms with van der Waals surface area (Å²) < 4.78 is 1.82. The van der Waals surface area contributed by atoms with E-state index in [2.05, 4.69) is 31.2 Å². The van der Waals surface area contributed by atoms with E-state index in [0.29, 0.717) is 15.9 Å². The van der Waals surface area contributed by atoms with Crippen molar-refractivity contribution in [1.29, 1.82) is 0 Å². The van der Waals surface area contributed by atoms with Crippen LogP contribution in [0.1, 0.15) is 0 Å². The van der Waals surface area contributed by atoms with E-state index in [1.54, 1.807) is 12.3 Å². The van der Waals surface area contributed by atoms with Crippen LogP contribution in [0.3, 0.4) is 0 Å². The summed E-state index contributed by atoms with van der Waals surface area (Å²) in [5.74, 6) is 0.676. The molecule has 7 heteroatoms. The SMILES string of the molecule is Clc1cnc(Nc2nc3ccc(Cl)cc3s2)c(Br)c1. The van der Waals surface area contributed by atoms with E-state index in [0.717, 1.165) is 19.8 Å². The number of anilines is 2. The lowest BCUT2D eigenvalue weighted by Crippen LogP contribution is -1.93. The monoisotopic (exact) mass is 373 g/mol. The third-order valence-corrected chi connectivity index (χ3v) is 4.36. The molecule has 19 heavy (non-hydrogen) atoms. The van der Waals surface area contributed by atoms with Gasteiger partial charge in [0.1, 0.15) is 5.82 Å². The molecular weight excluding hydrogens is 369 g/mol. The Hall–Kier alpha value is -0.880. The van der Waals surface area contributed by atoms with Crippen LogP contribution in [0.15, 0.2) is 34.9 Å². The van der Waals surface area contributed by atoms with E-state index >= 15 is 0 Å². The summed E-state index contributed by atoms with van der Waals surface area (Å²) in [4.78, 5) is 8.68. The molecular formula is C12H6BrCl2N3S. The van der Waals surface area contributed by atoms with Gasteiger partial charge in [0.05, 0.1) is 19.7 Å². The number of rotatable bonds is 2. The fourth-order valence-corrected chi connectivity index (χ4v) is 3.44. The maximum Gasteiger partial charge on any atom is 0.189 e. The van der Waals surface area contributed by atoms with Crippen LogP contribution < -0.4 is 5.32 Å². The molecule has 0 spiro atoms. The van der Waals surface area contributed by atoms with E-state index in [1.807, 2.05) is 18.2 Å². The lowest BCUT2D eigenvalue weighted by molar-refractivity contribution is 1.28. The van der Waals surface area contributed by atoms with Gasteiger partial charge in [-0.15, -0.1) is 0 Å². The van der Waals surface area contributed by atoms with Gasteiger partial charge in [0.15, 0.2) is 5.13 Å². The molecule has 0 aliphatic carbocycles. The van der Waals surface area contributed by atoms with Crippen LogP contribution >= 0.6 is 50.5 Å². The van der Waals surface area contributed by atoms with Crippen molar-refractivity contribution in [1.82, 2.24) is 9.97 Å². The van der Waals surface area contributed by atoms with Gasteiger partial charge in [-0.05, 0) is 40.2 Å². The molecule has 0 fully saturated rings. The Morgan fingerprint density at radius 1 is 1.16 bits per heavy atom. The third-order valence-electron chi connectivity index (χ3n) is 2.38. The summed E-state index contributed by atoms with van der Waals surface area (Å²) in [5, 5.41) is 5.19. The second-order valence-electron chi connectivity index (χ2n) is 3.74. The first-order valence-electron chi connectivity index (χ1n) is 5.26. The van der Waals surface area contributed by atoms with Crippen LogP contribution in [0.25, 0.3) is 10.2 Å². The maximum absolute atomic E-state index is 5.95. The largest absolute Gasteiger partial charge is 0.315 e. The fraction of sp³-hybridized carbons (Fsp3) is 0. The Morgan fingerprint density at radius 2 is 2.00 bits per heavy atom. The molecule has 0 saturated carbocycles. The summed E-state index contributed by atoms with van der Waals surface area (Å²) >= 11 is 16.7. The molecule has 2 aromatic heterocycles.